The van der Waals surface area contributed by atoms with Crippen molar-refractivity contribution in [3.63, 3.8) is 0 Å². The van der Waals surface area contributed by atoms with Gasteiger partial charge in [-0.2, -0.15) is 4.98 Å². The van der Waals surface area contributed by atoms with Gasteiger partial charge in [-0.15, -0.1) is 0 Å². The number of halogens is 1. The van der Waals surface area contributed by atoms with E-state index in [0.29, 0.717) is 46.0 Å². The molecule has 11 heteroatoms. The Morgan fingerprint density at radius 1 is 1.15 bits per heavy atom. The summed E-state index contributed by atoms with van der Waals surface area (Å²) in [7, 11) is 3.01. The number of rotatable bonds is 9. The lowest BCUT2D eigenvalue weighted by atomic mass is 10.2. The summed E-state index contributed by atoms with van der Waals surface area (Å²) in [6.07, 6.45) is 1.93. The van der Waals surface area contributed by atoms with Crippen molar-refractivity contribution in [2.75, 3.05) is 14.2 Å². The molecular weight excluding hydrogens is 464 g/mol. The number of aromatic nitrogens is 4. The highest BCUT2D eigenvalue weighted by molar-refractivity contribution is 6.33. The molecule has 0 aliphatic heterocycles. The average Bonchev–Trinajstić information content (AvgIpc) is 3.32. The molecule has 0 aliphatic rings. The van der Waals surface area contributed by atoms with Crippen molar-refractivity contribution < 1.29 is 23.5 Å². The van der Waals surface area contributed by atoms with Gasteiger partial charge in [0.15, 0.2) is 18.1 Å². The van der Waals surface area contributed by atoms with Gasteiger partial charge in [0.25, 0.3) is 11.4 Å². The quantitative estimate of drug-likeness (QED) is 0.328. The fraction of sp³-hybridized carbons (Fsp3) is 0.261. The Labute approximate surface area is 199 Å². The van der Waals surface area contributed by atoms with Crippen LogP contribution in [0.1, 0.15) is 18.7 Å². The molecule has 0 amide bonds. The smallest absolute Gasteiger partial charge is 0.306 e. The van der Waals surface area contributed by atoms with Crippen molar-refractivity contribution in [3.05, 3.63) is 63.9 Å². The maximum Gasteiger partial charge on any atom is 0.306 e. The van der Waals surface area contributed by atoms with Gasteiger partial charge in [-0.3, -0.25) is 14.2 Å². The summed E-state index contributed by atoms with van der Waals surface area (Å²) in [6, 6.07) is 10.3. The van der Waals surface area contributed by atoms with Crippen LogP contribution in [0.4, 0.5) is 0 Å². The fourth-order valence-corrected chi connectivity index (χ4v) is 3.53. The molecule has 2 heterocycles. The van der Waals surface area contributed by atoms with E-state index in [2.05, 4.69) is 15.1 Å². The number of benzene rings is 2. The zero-order valence-electron chi connectivity index (χ0n) is 18.5. The first-order valence-electron chi connectivity index (χ1n) is 10.3. The largest absolute Gasteiger partial charge is 0.493 e. The molecule has 4 rings (SSSR count). The predicted molar refractivity (Wildman–Crippen MR) is 123 cm³/mol. The second kappa shape index (κ2) is 10.3. The van der Waals surface area contributed by atoms with Crippen LogP contribution in [-0.4, -0.2) is 39.9 Å². The van der Waals surface area contributed by atoms with Gasteiger partial charge in [-0.25, -0.2) is 4.98 Å². The van der Waals surface area contributed by atoms with Gasteiger partial charge >= 0.3 is 5.97 Å². The monoisotopic (exact) mass is 484 g/mol. The third kappa shape index (κ3) is 5.01. The molecule has 0 saturated heterocycles. The Morgan fingerprint density at radius 2 is 1.91 bits per heavy atom. The Kier molecular flexibility index (Phi) is 7.07. The Bertz CT molecular complexity index is 1380. The summed E-state index contributed by atoms with van der Waals surface area (Å²) < 4.78 is 22.3. The third-order valence-electron chi connectivity index (χ3n) is 5.04. The number of aryl methyl sites for hydroxylation is 1. The number of ether oxygens (including phenoxy) is 3. The van der Waals surface area contributed by atoms with Crippen molar-refractivity contribution in [2.45, 2.75) is 26.0 Å². The van der Waals surface area contributed by atoms with Crippen LogP contribution >= 0.6 is 11.6 Å². The summed E-state index contributed by atoms with van der Waals surface area (Å²) in [5, 5.41) is 4.68. The molecule has 0 radical (unpaired) electrons. The normalized spacial score (nSPS) is 10.9. The standard InChI is InChI=1S/C23H21ClN4O6/c1-31-18-10-15-17(11-19(18)32-2)25-13-28(23(15)30)9-5-8-21(29)33-12-20-26-22(34-27-20)14-6-3-4-7-16(14)24/h3-4,6-7,10-11,13H,5,8-9,12H2,1-2H3. The molecule has 0 unspecified atom stereocenters. The van der Waals surface area contributed by atoms with E-state index in [1.54, 1.807) is 36.4 Å². The van der Waals surface area contributed by atoms with Crippen LogP contribution in [0.15, 0.2) is 52.0 Å². The molecule has 34 heavy (non-hydrogen) atoms. The molecule has 2 aromatic heterocycles. The van der Waals surface area contributed by atoms with E-state index in [1.165, 1.54) is 25.1 Å². The van der Waals surface area contributed by atoms with Crippen LogP contribution in [0, 0.1) is 0 Å². The summed E-state index contributed by atoms with van der Waals surface area (Å²) in [4.78, 5) is 33.4. The lowest BCUT2D eigenvalue weighted by Crippen LogP contribution is -2.21. The maximum absolute atomic E-state index is 12.8. The van der Waals surface area contributed by atoms with Crippen molar-refractivity contribution in [2.24, 2.45) is 0 Å². The molecule has 4 aromatic rings. The zero-order valence-corrected chi connectivity index (χ0v) is 19.2. The number of carbonyl (C=O) groups is 1. The molecular formula is C23H21ClN4O6. The van der Waals surface area contributed by atoms with E-state index in [1.807, 2.05) is 0 Å². The van der Waals surface area contributed by atoms with E-state index >= 15 is 0 Å². The molecule has 10 nitrogen and oxygen atoms in total. The topological polar surface area (TPSA) is 119 Å². The molecule has 0 atom stereocenters. The first kappa shape index (κ1) is 23.2. The summed E-state index contributed by atoms with van der Waals surface area (Å²) in [6.45, 7) is 0.163. The Morgan fingerprint density at radius 3 is 2.68 bits per heavy atom. The van der Waals surface area contributed by atoms with Gasteiger partial charge < -0.3 is 18.7 Å². The molecule has 176 valence electrons. The third-order valence-corrected chi connectivity index (χ3v) is 5.37. The Hall–Kier alpha value is -3.92. The van der Waals surface area contributed by atoms with E-state index in [4.69, 9.17) is 30.3 Å². The summed E-state index contributed by atoms with van der Waals surface area (Å²) in [5.41, 5.74) is 0.854. The van der Waals surface area contributed by atoms with E-state index in [-0.39, 0.29) is 30.3 Å². The number of esters is 1. The van der Waals surface area contributed by atoms with Gasteiger partial charge in [-0.05, 0) is 24.6 Å². The van der Waals surface area contributed by atoms with Crippen LogP contribution in [0.3, 0.4) is 0 Å². The summed E-state index contributed by atoms with van der Waals surface area (Å²) in [5.74, 6) is 0.950. The lowest BCUT2D eigenvalue weighted by molar-refractivity contribution is -0.145. The minimum Gasteiger partial charge on any atom is -0.493 e. The predicted octanol–water partition coefficient (Wildman–Crippen LogP) is 3.64. The lowest BCUT2D eigenvalue weighted by Gasteiger charge is -2.10. The van der Waals surface area contributed by atoms with Gasteiger partial charge in [0.1, 0.15) is 0 Å². The average molecular weight is 485 g/mol. The first-order chi connectivity index (χ1) is 16.5. The van der Waals surface area contributed by atoms with E-state index in [9.17, 15) is 9.59 Å². The number of fused-ring (bicyclic) bond motifs is 1. The first-order valence-corrected chi connectivity index (χ1v) is 10.7. The van der Waals surface area contributed by atoms with Crippen LogP contribution in [-0.2, 0) is 22.7 Å². The molecule has 0 N–H and O–H groups in total. The number of nitrogens with zero attached hydrogens (tertiary/aromatic N) is 4. The number of methoxy groups -OCH3 is 2. The molecule has 0 aliphatic carbocycles. The fourth-order valence-electron chi connectivity index (χ4n) is 3.31. The second-order valence-corrected chi connectivity index (χ2v) is 7.63. The molecule has 0 spiro atoms. The minimum absolute atomic E-state index is 0.103. The highest BCUT2D eigenvalue weighted by Gasteiger charge is 2.14. The Balaban J connectivity index is 1.32. The van der Waals surface area contributed by atoms with E-state index in [0.717, 1.165) is 0 Å². The van der Waals surface area contributed by atoms with Crippen molar-refractivity contribution in [1.82, 2.24) is 19.7 Å². The van der Waals surface area contributed by atoms with Crippen molar-refractivity contribution >= 4 is 28.5 Å². The highest BCUT2D eigenvalue weighted by Crippen LogP contribution is 2.30. The number of hydrogen-bond donors (Lipinski definition) is 0. The van der Waals surface area contributed by atoms with Crippen molar-refractivity contribution in [3.8, 4) is 23.0 Å². The van der Waals surface area contributed by atoms with E-state index < -0.39 is 5.97 Å². The zero-order chi connectivity index (χ0) is 24.1. The number of hydrogen-bond acceptors (Lipinski definition) is 9. The molecule has 0 fully saturated rings. The van der Waals surface area contributed by atoms with Gasteiger partial charge in [0.2, 0.25) is 5.82 Å². The second-order valence-electron chi connectivity index (χ2n) is 7.23. The molecule has 0 bridgehead atoms. The number of carbonyl (C=O) groups excluding carboxylic acids is 1. The molecule has 0 saturated carbocycles. The highest BCUT2D eigenvalue weighted by atomic mass is 35.5. The SMILES string of the molecule is COc1cc2ncn(CCCC(=O)OCc3noc(-c4ccccc4Cl)n3)c(=O)c2cc1OC. The van der Waals surface area contributed by atoms with Crippen LogP contribution < -0.4 is 15.0 Å². The van der Waals surface area contributed by atoms with Crippen LogP contribution in [0.25, 0.3) is 22.4 Å². The summed E-state index contributed by atoms with van der Waals surface area (Å²) >= 11 is 6.12. The van der Waals surface area contributed by atoms with Crippen LogP contribution in [0.2, 0.25) is 5.02 Å². The van der Waals surface area contributed by atoms with Gasteiger partial charge in [0, 0.05) is 19.0 Å². The molecule has 2 aromatic carbocycles. The van der Waals surface area contributed by atoms with Crippen LogP contribution in [0.5, 0.6) is 11.5 Å². The maximum atomic E-state index is 12.8. The van der Waals surface area contributed by atoms with Crippen molar-refractivity contribution in [1.29, 1.82) is 0 Å². The van der Waals surface area contributed by atoms with Gasteiger partial charge in [0.05, 0.1) is 42.0 Å². The minimum atomic E-state index is -0.447. The van der Waals surface area contributed by atoms with Gasteiger partial charge in [-0.1, -0.05) is 28.9 Å².